The van der Waals surface area contributed by atoms with E-state index in [4.69, 9.17) is 9.47 Å². The molecule has 1 atom stereocenters. The van der Waals surface area contributed by atoms with Gasteiger partial charge in [-0.2, -0.15) is 0 Å². The number of nitrogens with zero attached hydrogens (tertiary/aromatic N) is 2. The van der Waals surface area contributed by atoms with E-state index in [0.717, 1.165) is 60.4 Å². The maximum absolute atomic E-state index is 13.5. The predicted molar refractivity (Wildman–Crippen MR) is 118 cm³/mol. The molecule has 2 aliphatic rings. The first kappa shape index (κ1) is 21.1. The monoisotopic (exact) mass is 476 g/mol. The third-order valence-corrected chi connectivity index (χ3v) is 6.72. The fourth-order valence-corrected chi connectivity index (χ4v) is 4.67. The molecule has 0 aromatic heterocycles. The first-order valence-electron chi connectivity index (χ1n) is 10.3. The molecule has 0 bridgehead atoms. The maximum atomic E-state index is 13.5. The Hall–Kier alpha value is -2.12. The standard InChI is InChI=1S/C23H26BrFN2O3/c1-29-20-5-3-19(4-6-20)27-15-21(30-23(27)28)14-26-10-8-16(9-11-26)12-17-13-18(25)2-7-22(17)24/h2-7,13,16,21H,8-12,14-15H2,1H3. The van der Waals surface area contributed by atoms with Gasteiger partial charge in [-0.15, -0.1) is 0 Å². The summed E-state index contributed by atoms with van der Waals surface area (Å²) in [5.41, 5.74) is 1.86. The Balaban J connectivity index is 1.27. The number of piperidine rings is 1. The van der Waals surface area contributed by atoms with Crippen LogP contribution in [0.15, 0.2) is 46.9 Å². The highest BCUT2D eigenvalue weighted by Crippen LogP contribution is 2.28. The number of ether oxygens (including phenoxy) is 2. The zero-order valence-corrected chi connectivity index (χ0v) is 18.6. The molecule has 160 valence electrons. The normalized spacial score (nSPS) is 20.4. The third-order valence-electron chi connectivity index (χ3n) is 5.94. The maximum Gasteiger partial charge on any atom is 0.414 e. The number of hydrogen-bond donors (Lipinski definition) is 0. The average Bonchev–Trinajstić information content (AvgIpc) is 3.12. The molecule has 0 aliphatic carbocycles. The first-order chi connectivity index (χ1) is 14.5. The Labute approximate surface area is 184 Å². The van der Waals surface area contributed by atoms with Gasteiger partial charge in [0.25, 0.3) is 0 Å². The Kier molecular flexibility index (Phi) is 6.58. The molecule has 4 rings (SSSR count). The number of rotatable bonds is 6. The van der Waals surface area contributed by atoms with Gasteiger partial charge in [-0.1, -0.05) is 15.9 Å². The summed E-state index contributed by atoms with van der Waals surface area (Å²) in [7, 11) is 1.62. The van der Waals surface area contributed by atoms with Crippen molar-refractivity contribution in [3.63, 3.8) is 0 Å². The van der Waals surface area contributed by atoms with Gasteiger partial charge in [0.15, 0.2) is 0 Å². The van der Waals surface area contributed by atoms with E-state index in [0.29, 0.717) is 12.5 Å². The minimum Gasteiger partial charge on any atom is -0.497 e. The number of carbonyl (C=O) groups is 1. The second kappa shape index (κ2) is 9.35. The minimum atomic E-state index is -0.295. The lowest BCUT2D eigenvalue weighted by Crippen LogP contribution is -2.40. The van der Waals surface area contributed by atoms with Gasteiger partial charge in [-0.05, 0) is 86.3 Å². The third kappa shape index (κ3) is 4.95. The molecule has 2 aromatic rings. The van der Waals surface area contributed by atoms with Crippen molar-refractivity contribution < 1.29 is 18.7 Å². The predicted octanol–water partition coefficient (Wildman–Crippen LogP) is 4.88. The second-order valence-electron chi connectivity index (χ2n) is 8.00. The van der Waals surface area contributed by atoms with E-state index in [2.05, 4.69) is 20.8 Å². The lowest BCUT2D eigenvalue weighted by atomic mass is 9.90. The quantitative estimate of drug-likeness (QED) is 0.595. The number of anilines is 1. The number of methoxy groups -OCH3 is 1. The van der Waals surface area contributed by atoms with Crippen molar-refractivity contribution in [2.24, 2.45) is 5.92 Å². The number of halogens is 2. The molecule has 2 saturated heterocycles. The van der Waals surface area contributed by atoms with Gasteiger partial charge in [0.1, 0.15) is 17.7 Å². The van der Waals surface area contributed by atoms with E-state index in [1.165, 1.54) is 6.07 Å². The van der Waals surface area contributed by atoms with Crippen molar-refractivity contribution in [1.82, 2.24) is 4.90 Å². The zero-order chi connectivity index (χ0) is 21.1. The van der Waals surface area contributed by atoms with Gasteiger partial charge >= 0.3 is 6.09 Å². The summed E-state index contributed by atoms with van der Waals surface area (Å²) in [5, 5.41) is 0. The van der Waals surface area contributed by atoms with Gasteiger partial charge in [-0.3, -0.25) is 9.80 Å². The Morgan fingerprint density at radius 1 is 1.17 bits per heavy atom. The smallest absolute Gasteiger partial charge is 0.414 e. The molecule has 2 heterocycles. The van der Waals surface area contributed by atoms with Crippen LogP contribution in [-0.4, -0.2) is 50.4 Å². The number of cyclic esters (lactones) is 1. The first-order valence-corrected chi connectivity index (χ1v) is 11.1. The largest absolute Gasteiger partial charge is 0.497 e. The van der Waals surface area contributed by atoms with Crippen molar-refractivity contribution in [1.29, 1.82) is 0 Å². The topological polar surface area (TPSA) is 42.0 Å². The van der Waals surface area contributed by atoms with E-state index >= 15 is 0 Å². The fourth-order valence-electron chi connectivity index (χ4n) is 4.26. The summed E-state index contributed by atoms with van der Waals surface area (Å²) in [5.74, 6) is 1.12. The van der Waals surface area contributed by atoms with Crippen LogP contribution in [0.25, 0.3) is 0 Å². The van der Waals surface area contributed by atoms with Crippen LogP contribution in [-0.2, 0) is 11.2 Å². The fraction of sp³-hybridized carbons (Fsp3) is 0.435. The molecule has 0 spiro atoms. The van der Waals surface area contributed by atoms with Crippen molar-refractivity contribution in [3.8, 4) is 5.75 Å². The zero-order valence-electron chi connectivity index (χ0n) is 17.0. The molecule has 0 N–H and O–H groups in total. The number of amides is 1. The second-order valence-corrected chi connectivity index (χ2v) is 8.85. The summed E-state index contributed by atoms with van der Waals surface area (Å²) in [4.78, 5) is 16.4. The molecule has 30 heavy (non-hydrogen) atoms. The molecule has 1 amide bonds. The van der Waals surface area contributed by atoms with Crippen molar-refractivity contribution in [2.75, 3.05) is 38.2 Å². The van der Waals surface area contributed by atoms with E-state index in [1.807, 2.05) is 24.3 Å². The van der Waals surface area contributed by atoms with Crippen LogP contribution in [0.2, 0.25) is 0 Å². The van der Waals surface area contributed by atoms with Crippen LogP contribution in [0.5, 0.6) is 5.75 Å². The molecule has 7 heteroatoms. The van der Waals surface area contributed by atoms with Gasteiger partial charge in [-0.25, -0.2) is 9.18 Å². The Morgan fingerprint density at radius 3 is 2.60 bits per heavy atom. The molecule has 2 aliphatic heterocycles. The summed E-state index contributed by atoms with van der Waals surface area (Å²) < 4.78 is 25.3. The lowest BCUT2D eigenvalue weighted by molar-refractivity contribution is 0.0914. The van der Waals surface area contributed by atoms with Crippen LogP contribution >= 0.6 is 15.9 Å². The van der Waals surface area contributed by atoms with Crippen LogP contribution in [0, 0.1) is 11.7 Å². The molecule has 5 nitrogen and oxygen atoms in total. The summed E-state index contributed by atoms with van der Waals surface area (Å²) in [6.45, 7) is 3.23. The SMILES string of the molecule is COc1ccc(N2CC(CN3CCC(Cc4cc(F)ccc4Br)CC3)OC2=O)cc1. The molecule has 2 aromatic carbocycles. The van der Waals surface area contributed by atoms with Gasteiger partial charge in [0.2, 0.25) is 0 Å². The summed E-state index contributed by atoms with van der Waals surface area (Å²) >= 11 is 3.53. The number of hydrogen-bond acceptors (Lipinski definition) is 4. The van der Waals surface area contributed by atoms with Gasteiger partial charge in [0, 0.05) is 16.7 Å². The molecule has 2 fully saturated rings. The molecule has 0 saturated carbocycles. The van der Waals surface area contributed by atoms with Crippen molar-refractivity contribution >= 4 is 27.7 Å². The van der Waals surface area contributed by atoms with Crippen LogP contribution in [0.1, 0.15) is 18.4 Å². The molecular formula is C23H26BrFN2O3. The summed E-state index contributed by atoms with van der Waals surface area (Å²) in [6.07, 6.45) is 2.58. The van der Waals surface area contributed by atoms with Crippen LogP contribution < -0.4 is 9.64 Å². The van der Waals surface area contributed by atoms with Gasteiger partial charge < -0.3 is 9.47 Å². The van der Waals surface area contributed by atoms with E-state index < -0.39 is 0 Å². The average molecular weight is 477 g/mol. The lowest BCUT2D eigenvalue weighted by Gasteiger charge is -2.33. The van der Waals surface area contributed by atoms with E-state index in [1.54, 1.807) is 24.1 Å². The number of carbonyl (C=O) groups excluding carboxylic acids is 1. The van der Waals surface area contributed by atoms with Crippen LogP contribution in [0.3, 0.4) is 0 Å². The number of likely N-dealkylation sites (tertiary alicyclic amines) is 1. The molecular weight excluding hydrogens is 451 g/mol. The van der Waals surface area contributed by atoms with Crippen LogP contribution in [0.4, 0.5) is 14.9 Å². The molecule has 0 radical (unpaired) electrons. The van der Waals surface area contributed by atoms with Gasteiger partial charge in [0.05, 0.1) is 13.7 Å². The molecule has 1 unspecified atom stereocenters. The summed E-state index contributed by atoms with van der Waals surface area (Å²) in [6, 6.07) is 12.3. The minimum absolute atomic E-state index is 0.131. The highest BCUT2D eigenvalue weighted by molar-refractivity contribution is 9.10. The highest BCUT2D eigenvalue weighted by atomic mass is 79.9. The Morgan fingerprint density at radius 2 is 1.90 bits per heavy atom. The number of benzene rings is 2. The van der Waals surface area contributed by atoms with Crippen molar-refractivity contribution in [3.05, 3.63) is 58.3 Å². The highest BCUT2D eigenvalue weighted by Gasteiger charge is 2.34. The van der Waals surface area contributed by atoms with E-state index in [-0.39, 0.29) is 18.0 Å². The van der Waals surface area contributed by atoms with Crippen molar-refractivity contribution in [2.45, 2.75) is 25.4 Å². The van der Waals surface area contributed by atoms with E-state index in [9.17, 15) is 9.18 Å². The Bertz CT molecular complexity index is 885.